The largest absolute Gasteiger partial charge is 0.458 e. The highest BCUT2D eigenvalue weighted by atomic mass is 32.1. The molecule has 0 radical (unpaired) electrons. The minimum absolute atomic E-state index is 0.113. The van der Waals surface area contributed by atoms with Crippen LogP contribution in [0.15, 0.2) is 11.6 Å². The molecule has 0 aliphatic carbocycles. The summed E-state index contributed by atoms with van der Waals surface area (Å²) >= 11 is 1.52. The third kappa shape index (κ3) is 1.87. The molecule has 15 heavy (non-hydrogen) atoms. The van der Waals surface area contributed by atoms with Gasteiger partial charge in [-0.1, -0.05) is 0 Å². The average molecular weight is 224 g/mol. The molecule has 0 aromatic carbocycles. The normalized spacial score (nSPS) is 11.2. The highest BCUT2D eigenvalue weighted by Crippen LogP contribution is 2.16. The zero-order valence-electron chi connectivity index (χ0n) is 8.85. The van der Waals surface area contributed by atoms with E-state index in [2.05, 4.69) is 4.98 Å². The van der Waals surface area contributed by atoms with Crippen LogP contribution in [0.1, 0.15) is 30.0 Å². The van der Waals surface area contributed by atoms with Crippen LogP contribution in [-0.4, -0.2) is 21.5 Å². The van der Waals surface area contributed by atoms with E-state index in [9.17, 15) is 4.79 Å². The fourth-order valence-electron chi connectivity index (χ4n) is 1.27. The summed E-state index contributed by atoms with van der Waals surface area (Å²) in [6.07, 6.45) is 1.60. The van der Waals surface area contributed by atoms with Crippen LogP contribution >= 0.6 is 11.3 Å². The first-order chi connectivity index (χ1) is 7.08. The molecule has 5 heteroatoms. The molecule has 2 aromatic heterocycles. The van der Waals surface area contributed by atoms with Crippen molar-refractivity contribution in [3.8, 4) is 0 Å². The maximum atomic E-state index is 11.5. The van der Waals surface area contributed by atoms with Gasteiger partial charge in [-0.2, -0.15) is 0 Å². The third-order valence-corrected chi connectivity index (χ3v) is 2.90. The summed E-state index contributed by atoms with van der Waals surface area (Å²) in [6, 6.07) is 0. The molecule has 2 aromatic rings. The van der Waals surface area contributed by atoms with Gasteiger partial charge in [0.05, 0.1) is 6.10 Å². The molecule has 0 amide bonds. The van der Waals surface area contributed by atoms with Crippen molar-refractivity contribution in [2.24, 2.45) is 0 Å². The van der Waals surface area contributed by atoms with Crippen LogP contribution < -0.4 is 0 Å². The van der Waals surface area contributed by atoms with Gasteiger partial charge in [0.15, 0.2) is 10.7 Å². The Labute approximate surface area is 91.5 Å². The molecule has 0 atom stereocenters. The van der Waals surface area contributed by atoms with Crippen LogP contribution in [0.3, 0.4) is 0 Å². The third-order valence-electron chi connectivity index (χ3n) is 1.94. The van der Waals surface area contributed by atoms with Crippen molar-refractivity contribution in [1.82, 2.24) is 9.38 Å². The second-order valence-electron chi connectivity index (χ2n) is 3.61. The zero-order valence-corrected chi connectivity index (χ0v) is 9.67. The molecule has 4 nitrogen and oxygen atoms in total. The van der Waals surface area contributed by atoms with Crippen molar-refractivity contribution in [2.75, 3.05) is 0 Å². The molecule has 0 unspecified atom stereocenters. The van der Waals surface area contributed by atoms with Gasteiger partial charge in [-0.05, 0) is 20.8 Å². The molecule has 0 spiro atoms. The second-order valence-corrected chi connectivity index (χ2v) is 4.45. The zero-order chi connectivity index (χ0) is 11.0. The topological polar surface area (TPSA) is 43.6 Å². The lowest BCUT2D eigenvalue weighted by atomic mass is 10.4. The lowest BCUT2D eigenvalue weighted by Crippen LogP contribution is -2.11. The lowest BCUT2D eigenvalue weighted by molar-refractivity contribution is 0.0371. The summed E-state index contributed by atoms with van der Waals surface area (Å²) in [5.41, 5.74) is 1.45. The van der Waals surface area contributed by atoms with Gasteiger partial charge in [-0.15, -0.1) is 11.3 Å². The van der Waals surface area contributed by atoms with E-state index < -0.39 is 0 Å². The van der Waals surface area contributed by atoms with Gasteiger partial charge < -0.3 is 4.74 Å². The number of carbonyl (C=O) groups is 1. The highest BCUT2D eigenvalue weighted by molar-refractivity contribution is 7.15. The van der Waals surface area contributed by atoms with Gasteiger partial charge in [0.2, 0.25) is 0 Å². The summed E-state index contributed by atoms with van der Waals surface area (Å²) in [6.45, 7) is 5.62. The Morgan fingerprint density at radius 1 is 1.60 bits per heavy atom. The molecule has 0 N–H and O–H groups in total. The molecule has 0 saturated heterocycles. The lowest BCUT2D eigenvalue weighted by Gasteiger charge is -2.04. The van der Waals surface area contributed by atoms with E-state index >= 15 is 0 Å². The number of fused-ring (bicyclic) bond motifs is 1. The Morgan fingerprint density at radius 3 is 2.93 bits per heavy atom. The van der Waals surface area contributed by atoms with Crippen molar-refractivity contribution < 1.29 is 9.53 Å². The average Bonchev–Trinajstić information content (AvgIpc) is 2.67. The van der Waals surface area contributed by atoms with Crippen LogP contribution in [0.5, 0.6) is 0 Å². The maximum Gasteiger partial charge on any atom is 0.358 e. The Kier molecular flexibility index (Phi) is 2.48. The number of rotatable bonds is 2. The van der Waals surface area contributed by atoms with E-state index in [0.717, 1.165) is 10.7 Å². The van der Waals surface area contributed by atoms with E-state index in [1.54, 1.807) is 6.20 Å². The van der Waals surface area contributed by atoms with Gasteiger partial charge in [-0.25, -0.2) is 9.78 Å². The highest BCUT2D eigenvalue weighted by Gasteiger charge is 2.14. The number of hydrogen-bond acceptors (Lipinski definition) is 4. The fraction of sp³-hybridized carbons (Fsp3) is 0.400. The number of thiazole rings is 1. The van der Waals surface area contributed by atoms with Crippen molar-refractivity contribution in [3.05, 3.63) is 23.0 Å². The summed E-state index contributed by atoms with van der Waals surface area (Å²) < 4.78 is 6.96. The van der Waals surface area contributed by atoms with Crippen LogP contribution in [0.4, 0.5) is 0 Å². The molecule has 2 rings (SSSR count). The van der Waals surface area contributed by atoms with Crippen molar-refractivity contribution in [1.29, 1.82) is 0 Å². The molecule has 0 fully saturated rings. The van der Waals surface area contributed by atoms with E-state index in [0.29, 0.717) is 5.69 Å². The first kappa shape index (κ1) is 10.2. The molecule has 80 valence electrons. The summed E-state index contributed by atoms with van der Waals surface area (Å²) in [7, 11) is 0. The first-order valence-electron chi connectivity index (χ1n) is 4.72. The molecular formula is C10H12N2O2S. The molecular weight excluding hydrogens is 212 g/mol. The maximum absolute atomic E-state index is 11.5. The number of imidazole rings is 1. The smallest absolute Gasteiger partial charge is 0.358 e. The van der Waals surface area contributed by atoms with Crippen LogP contribution in [0.25, 0.3) is 4.96 Å². The number of ether oxygens (including phenoxy) is 1. The summed E-state index contributed by atoms with van der Waals surface area (Å²) in [4.78, 5) is 16.6. The van der Waals surface area contributed by atoms with Gasteiger partial charge in [0.1, 0.15) is 0 Å². The van der Waals surface area contributed by atoms with Crippen molar-refractivity contribution >= 4 is 22.3 Å². The predicted molar refractivity (Wildman–Crippen MR) is 58.4 cm³/mol. The van der Waals surface area contributed by atoms with Gasteiger partial charge in [0, 0.05) is 17.3 Å². The van der Waals surface area contributed by atoms with E-state index in [4.69, 9.17) is 4.74 Å². The number of esters is 1. The van der Waals surface area contributed by atoms with Crippen molar-refractivity contribution in [2.45, 2.75) is 26.9 Å². The molecule has 0 saturated carbocycles. The van der Waals surface area contributed by atoms with Gasteiger partial charge >= 0.3 is 5.97 Å². The SMILES string of the molecule is Cc1csc2nc(C(=O)OC(C)C)cn12. The van der Waals surface area contributed by atoms with Crippen molar-refractivity contribution in [3.63, 3.8) is 0 Å². The monoisotopic (exact) mass is 224 g/mol. The Morgan fingerprint density at radius 2 is 2.33 bits per heavy atom. The first-order valence-corrected chi connectivity index (χ1v) is 5.60. The minimum Gasteiger partial charge on any atom is -0.458 e. The standard InChI is InChI=1S/C10H12N2O2S/c1-6(2)14-9(13)8-4-12-7(3)5-15-10(12)11-8/h4-6H,1-3H3. The Bertz CT molecular complexity index is 498. The molecule has 2 heterocycles. The number of nitrogens with zero attached hydrogens (tertiary/aromatic N) is 2. The van der Waals surface area contributed by atoms with Crippen LogP contribution in [-0.2, 0) is 4.74 Å². The number of aryl methyl sites for hydroxylation is 1. The van der Waals surface area contributed by atoms with E-state index in [1.807, 2.05) is 30.6 Å². The molecule has 0 bridgehead atoms. The van der Waals surface area contributed by atoms with E-state index in [-0.39, 0.29) is 12.1 Å². The van der Waals surface area contributed by atoms with Crippen LogP contribution in [0.2, 0.25) is 0 Å². The summed E-state index contributed by atoms with van der Waals surface area (Å²) in [5, 5.41) is 2.00. The minimum atomic E-state index is -0.361. The molecule has 0 aliphatic rings. The number of aromatic nitrogens is 2. The van der Waals surface area contributed by atoms with Crippen LogP contribution in [0, 0.1) is 6.92 Å². The Hall–Kier alpha value is -1.36. The predicted octanol–water partition coefficient (Wildman–Crippen LogP) is 2.27. The number of hydrogen-bond donors (Lipinski definition) is 0. The fourth-order valence-corrected chi connectivity index (χ4v) is 2.12. The van der Waals surface area contributed by atoms with Gasteiger partial charge in [-0.3, -0.25) is 4.40 Å². The Balaban J connectivity index is 2.32. The molecule has 0 aliphatic heterocycles. The summed E-state index contributed by atoms with van der Waals surface area (Å²) in [5.74, 6) is -0.361. The van der Waals surface area contributed by atoms with E-state index in [1.165, 1.54) is 11.3 Å². The second kappa shape index (κ2) is 3.66. The quantitative estimate of drug-likeness (QED) is 0.735. The van der Waals surface area contributed by atoms with Gasteiger partial charge in [0.25, 0.3) is 0 Å². The number of carbonyl (C=O) groups excluding carboxylic acids is 1.